The summed E-state index contributed by atoms with van der Waals surface area (Å²) < 4.78 is 125. The van der Waals surface area contributed by atoms with Crippen LogP contribution in [0.5, 0.6) is 0 Å². The normalized spacial score (nSPS) is 51.1. The van der Waals surface area contributed by atoms with Crippen LogP contribution < -0.4 is 10.6 Å². The van der Waals surface area contributed by atoms with Gasteiger partial charge in [0.1, 0.15) is 262 Å². The topological polar surface area (TPSA) is 899 Å². The minimum atomic E-state index is -2.67. The molecule has 11 fully saturated rings. The van der Waals surface area contributed by atoms with Gasteiger partial charge in [0.15, 0.2) is 62.9 Å². The van der Waals surface area contributed by atoms with E-state index in [1.165, 1.54) is 0 Å². The number of aliphatic hydroxyl groups excluding tert-OH is 32. The van der Waals surface area contributed by atoms with Crippen molar-refractivity contribution in [3.63, 3.8) is 0 Å². The molecule has 57 nitrogen and oxygen atoms in total. The standard InChI is InChI=1S/C73H124N2O55/c1-16(2)55-30(74-17(3)85)41(96)56(26(12-83)112-55)123-64-31(75-18(4)86)42(97)57(27(13-84)120-64)124-69-54(109)59(126-72-63(49(104)38(93)24(10-81)118-72)130-73-62(48(103)37(92)25(11-82)119-73)129-68-52(107)45(100)34(89)21(7-78)115-68)40(95)29(122-69)14-110-65-53(108)58(125-71-61(47(102)36(91)23(9-80)117-71)128-67-51(106)44(99)33(88)20(6-77)114-67)39(94)28(121-65)15-111-70-60(46(101)35(90)22(8-79)116-70)127-66-50(105)43(98)32(87)19(5-76)113-66/h16,19-73,76-84,87-109H,5-15H2,1-4H3,(H,74,85)(H,75,86)/t19?,20-,21-,22?,23-,24-,25-,26?,27?,28?,29?,30-,31-,32+,33+,34+,35+,36+,37+,38+,39+,40+,41+,42+,43-,44-,45-,46-,47-,48-,49-,50+,51?,52?,53+,54+,55?,56+,57+,58-,59-,60+,61?,62?,63?,64?,65?,66?,67?,68?,69?,70?,71?,72?,73?/m0/s1. The number of hydrogen-bond donors (Lipinski definition) is 34. The Kier molecular flexibility index (Phi) is 38.5. The Hall–Kier alpha value is -3.18. The second kappa shape index (κ2) is 46.7. The summed E-state index contributed by atoms with van der Waals surface area (Å²) >= 11 is 0. The Morgan fingerprint density at radius 3 is 0.792 bits per heavy atom. The van der Waals surface area contributed by atoms with Crippen molar-refractivity contribution in [2.45, 2.75) is 365 Å². The van der Waals surface area contributed by atoms with Crippen LogP contribution in [0.15, 0.2) is 0 Å². The molecule has 0 bridgehead atoms. The molecule has 11 rings (SSSR count). The molecule has 57 heteroatoms. The van der Waals surface area contributed by atoms with Crippen molar-refractivity contribution < 1.29 is 272 Å². The Bertz CT molecular complexity index is 3440. The van der Waals surface area contributed by atoms with Gasteiger partial charge in [-0.15, -0.1) is 0 Å². The number of carbonyl (C=O) groups excluding carboxylic acids is 2. The molecule has 0 aromatic heterocycles. The van der Waals surface area contributed by atoms with E-state index in [1.807, 2.05) is 0 Å². The smallest absolute Gasteiger partial charge is 0.217 e. The second-order valence-electron chi connectivity index (χ2n) is 33.7. The highest BCUT2D eigenvalue weighted by molar-refractivity contribution is 5.73. The molecule has 0 aliphatic carbocycles. The minimum absolute atomic E-state index is 0.449. The van der Waals surface area contributed by atoms with E-state index in [0.717, 1.165) is 13.8 Å². The van der Waals surface area contributed by atoms with Crippen LogP contribution in [0.3, 0.4) is 0 Å². The van der Waals surface area contributed by atoms with Crippen molar-refractivity contribution in [2.75, 3.05) is 72.7 Å². The van der Waals surface area contributed by atoms with Crippen LogP contribution >= 0.6 is 0 Å². The first-order chi connectivity index (χ1) is 61.6. The van der Waals surface area contributed by atoms with Crippen molar-refractivity contribution in [3.05, 3.63) is 0 Å². The van der Waals surface area contributed by atoms with E-state index < -0.39 is 428 Å². The number of carbonyl (C=O) groups is 2. The number of hydrogen-bond acceptors (Lipinski definition) is 55. The second-order valence-corrected chi connectivity index (χ2v) is 33.7. The van der Waals surface area contributed by atoms with Gasteiger partial charge in [0.25, 0.3) is 0 Å². The minimum Gasteiger partial charge on any atom is -0.394 e. The van der Waals surface area contributed by atoms with Gasteiger partial charge < -0.3 is 274 Å². The summed E-state index contributed by atoms with van der Waals surface area (Å²) in [6, 6.07) is -3.22. The van der Waals surface area contributed by atoms with E-state index in [9.17, 15) is 173 Å². The predicted molar refractivity (Wildman–Crippen MR) is 398 cm³/mol. The number of nitrogens with one attached hydrogen (secondary N) is 2. The third-order valence-electron chi connectivity index (χ3n) is 24.5. The Morgan fingerprint density at radius 2 is 0.454 bits per heavy atom. The van der Waals surface area contributed by atoms with Crippen molar-refractivity contribution in [2.24, 2.45) is 5.92 Å². The molecule has 0 aromatic carbocycles. The molecule has 11 saturated heterocycles. The maximum Gasteiger partial charge on any atom is 0.217 e. The Morgan fingerprint density at radius 1 is 0.223 bits per heavy atom. The molecule has 2 amide bonds. The summed E-state index contributed by atoms with van der Waals surface area (Å²) in [6.07, 6.45) is -115. The zero-order valence-corrected chi connectivity index (χ0v) is 69.8. The average molecular weight is 1910 g/mol. The van der Waals surface area contributed by atoms with E-state index in [2.05, 4.69) is 10.6 Å². The lowest BCUT2D eigenvalue weighted by Gasteiger charge is -2.51. The van der Waals surface area contributed by atoms with Gasteiger partial charge in [-0.25, -0.2) is 0 Å². The maximum atomic E-state index is 13.2. The van der Waals surface area contributed by atoms with Gasteiger partial charge >= 0.3 is 0 Å². The number of amides is 2. The molecule has 756 valence electrons. The fourth-order valence-electron chi connectivity index (χ4n) is 17.1. The average Bonchev–Trinajstić information content (AvgIpc) is 0.761. The summed E-state index contributed by atoms with van der Waals surface area (Å²) in [6.45, 7) is -7.13. The van der Waals surface area contributed by atoms with Gasteiger partial charge in [0.05, 0.1) is 84.8 Å². The van der Waals surface area contributed by atoms with Gasteiger partial charge in [0.2, 0.25) is 11.8 Å². The lowest BCUT2D eigenvalue weighted by atomic mass is 9.87. The molecule has 34 N–H and O–H groups in total. The molecule has 22 unspecified atom stereocenters. The van der Waals surface area contributed by atoms with Gasteiger partial charge in [0, 0.05) is 13.8 Å². The van der Waals surface area contributed by atoms with E-state index in [-0.39, 0.29) is 0 Å². The van der Waals surface area contributed by atoms with Crippen LogP contribution in [0.25, 0.3) is 0 Å². The van der Waals surface area contributed by atoms with Crippen molar-refractivity contribution in [1.29, 1.82) is 0 Å². The van der Waals surface area contributed by atoms with Gasteiger partial charge in [-0.05, 0) is 5.92 Å². The van der Waals surface area contributed by atoms with E-state index >= 15 is 0 Å². The fraction of sp³-hybridized carbons (Fsp3) is 0.973. The van der Waals surface area contributed by atoms with Crippen LogP contribution in [-0.2, 0) is 109 Å². The first-order valence-electron chi connectivity index (χ1n) is 41.9. The highest BCUT2D eigenvalue weighted by Crippen LogP contribution is 2.42. The highest BCUT2D eigenvalue weighted by Gasteiger charge is 2.63. The molecule has 11 aliphatic heterocycles. The SMILES string of the molecule is CC(=O)N[C@@H]1C(O[C@@H]2C(CO)OC(C(C)C)[C@@H](NC(C)=O)[C@H]2O)OC(CO)[C@@H](OC2OC(COC3OC(COC4OC(CO)[C@@H](O)[C@H](O)[C@H]4OC4OC(CO)[C@@H](O)[C@H](O)[C@H]4O)[C@@H](O)[C@H](OC4O[C@@H](CO)[C@@H](O)[C@H](O)C4OC4O[C@@H](CO)[C@@H](O)[C@H](O)C4O)[C@H]3O)[C@@H](O)[C@H](OC3O[C@@H](CO)[C@@H](O)[C@H](O)C3OC3O[C@@H](CO)[C@@H](O)[C@H](O)C3OC3O[C@@H](CO)[C@@H](O)[C@H](O)C3O)[C@H]2O)[C@@H]1O. The number of aliphatic hydroxyl groups is 32. The Labute approximate surface area is 736 Å². The van der Waals surface area contributed by atoms with Crippen LogP contribution in [0, 0.1) is 5.92 Å². The fourth-order valence-corrected chi connectivity index (χ4v) is 17.1. The van der Waals surface area contributed by atoms with Gasteiger partial charge in [-0.1, -0.05) is 13.8 Å². The summed E-state index contributed by atoms with van der Waals surface area (Å²) in [5, 5.41) is 364. The summed E-state index contributed by atoms with van der Waals surface area (Å²) in [5.74, 6) is -2.06. The molecule has 0 aromatic rings. The predicted octanol–water partition coefficient (Wildman–Crippen LogP) is -23.0. The lowest BCUT2D eigenvalue weighted by molar-refractivity contribution is -0.408. The summed E-state index contributed by atoms with van der Waals surface area (Å²) in [7, 11) is 0. The first kappa shape index (κ1) is 107. The quantitative estimate of drug-likeness (QED) is 0.0284. The van der Waals surface area contributed by atoms with E-state index in [1.54, 1.807) is 13.8 Å². The largest absolute Gasteiger partial charge is 0.394 e. The van der Waals surface area contributed by atoms with E-state index in [4.69, 9.17) is 99.5 Å². The third kappa shape index (κ3) is 22.9. The monoisotopic (exact) mass is 1910 g/mol. The molecule has 11 aliphatic rings. The Balaban J connectivity index is 0.964. The van der Waals surface area contributed by atoms with Crippen molar-refractivity contribution >= 4 is 11.8 Å². The lowest BCUT2D eigenvalue weighted by Crippen LogP contribution is -2.71. The molecule has 0 radical (unpaired) electrons. The molecule has 11 heterocycles. The van der Waals surface area contributed by atoms with Crippen LogP contribution in [-0.4, -0.2) is 585 Å². The first-order valence-corrected chi connectivity index (χ1v) is 41.9. The zero-order valence-electron chi connectivity index (χ0n) is 69.8. The third-order valence-corrected chi connectivity index (χ3v) is 24.5. The van der Waals surface area contributed by atoms with E-state index in [0.29, 0.717) is 0 Å². The number of ether oxygens (including phenoxy) is 21. The van der Waals surface area contributed by atoms with Crippen molar-refractivity contribution in [1.82, 2.24) is 10.6 Å². The molecule has 130 heavy (non-hydrogen) atoms. The van der Waals surface area contributed by atoms with Gasteiger partial charge in [-0.3, -0.25) is 9.59 Å². The summed E-state index contributed by atoms with van der Waals surface area (Å²) in [5.41, 5.74) is 0. The van der Waals surface area contributed by atoms with Crippen molar-refractivity contribution in [3.8, 4) is 0 Å². The molecular formula is C73H124N2O55. The van der Waals surface area contributed by atoms with Crippen LogP contribution in [0.4, 0.5) is 0 Å². The number of rotatable bonds is 34. The molecule has 55 atom stereocenters. The molecule has 0 saturated carbocycles. The molecular weight excluding hydrogens is 1780 g/mol. The highest BCUT2D eigenvalue weighted by atomic mass is 16.8. The maximum absolute atomic E-state index is 13.2. The van der Waals surface area contributed by atoms with Crippen LogP contribution in [0.2, 0.25) is 0 Å². The van der Waals surface area contributed by atoms with Gasteiger partial charge in [-0.2, -0.15) is 0 Å². The summed E-state index contributed by atoms with van der Waals surface area (Å²) in [4.78, 5) is 25.8. The van der Waals surface area contributed by atoms with Crippen LogP contribution in [0.1, 0.15) is 27.7 Å². The zero-order chi connectivity index (χ0) is 95.5. The molecule has 0 spiro atoms.